The Morgan fingerprint density at radius 1 is 1.36 bits per heavy atom. The number of nitrogens with zero attached hydrogens (tertiary/aromatic N) is 1. The summed E-state index contributed by atoms with van der Waals surface area (Å²) in [6.07, 6.45) is 1.81. The van der Waals surface area contributed by atoms with Crippen LogP contribution in [0.1, 0.15) is 5.69 Å². The molecule has 2 nitrogen and oxygen atoms in total. The van der Waals surface area contributed by atoms with E-state index in [9.17, 15) is 0 Å². The van der Waals surface area contributed by atoms with Gasteiger partial charge < -0.3 is 5.73 Å². The molecule has 11 heavy (non-hydrogen) atoms. The predicted octanol–water partition coefficient (Wildman–Crippen LogP) is 1.99. The van der Waals surface area contributed by atoms with E-state index in [-0.39, 0.29) is 24.8 Å². The fourth-order valence-corrected chi connectivity index (χ4v) is 0.846. The lowest BCUT2D eigenvalue weighted by Gasteiger charge is -1.92. The Morgan fingerprint density at radius 2 is 2.00 bits per heavy atom. The van der Waals surface area contributed by atoms with Crippen LogP contribution in [0.3, 0.4) is 0 Å². The monoisotopic (exact) mass is 306 g/mol. The maximum absolute atomic E-state index is 5.33. The first-order valence-electron chi connectivity index (χ1n) is 2.63. The summed E-state index contributed by atoms with van der Waals surface area (Å²) in [6, 6.07) is 3.93. The van der Waals surface area contributed by atoms with Crippen LogP contribution in [0, 0.1) is 3.57 Å². The summed E-state index contributed by atoms with van der Waals surface area (Å²) in [6.45, 7) is 0.525. The Bertz CT molecular complexity index is 190. The molecule has 0 spiro atoms. The first-order valence-corrected chi connectivity index (χ1v) is 3.71. The first-order chi connectivity index (χ1) is 4.33. The van der Waals surface area contributed by atoms with Gasteiger partial charge in [-0.1, -0.05) is 0 Å². The second kappa shape index (κ2) is 7.09. The van der Waals surface area contributed by atoms with Crippen LogP contribution in [0.2, 0.25) is 0 Å². The van der Waals surface area contributed by atoms with E-state index < -0.39 is 0 Å². The molecule has 0 amide bonds. The topological polar surface area (TPSA) is 38.9 Å². The van der Waals surface area contributed by atoms with Gasteiger partial charge in [0.25, 0.3) is 0 Å². The fourth-order valence-electron chi connectivity index (χ4n) is 0.527. The Hall–Kier alpha value is 0.420. The summed E-state index contributed by atoms with van der Waals surface area (Å²) >= 11 is 2.21. The van der Waals surface area contributed by atoms with Gasteiger partial charge in [0.15, 0.2) is 0 Å². The van der Waals surface area contributed by atoms with Crippen molar-refractivity contribution in [1.82, 2.24) is 4.98 Å². The van der Waals surface area contributed by atoms with Crippen molar-refractivity contribution in [3.63, 3.8) is 0 Å². The van der Waals surface area contributed by atoms with Crippen molar-refractivity contribution in [1.29, 1.82) is 0 Å². The van der Waals surface area contributed by atoms with Gasteiger partial charge in [-0.3, -0.25) is 4.98 Å². The molecule has 1 aromatic heterocycles. The minimum absolute atomic E-state index is 0. The van der Waals surface area contributed by atoms with Gasteiger partial charge in [0.05, 0.1) is 5.69 Å². The van der Waals surface area contributed by atoms with E-state index in [0.717, 1.165) is 9.26 Å². The highest BCUT2D eigenvalue weighted by molar-refractivity contribution is 14.1. The molecule has 0 bridgehead atoms. The third kappa shape index (κ3) is 4.79. The molecule has 2 N–H and O–H groups in total. The molecule has 0 saturated carbocycles. The third-order valence-electron chi connectivity index (χ3n) is 0.998. The van der Waals surface area contributed by atoms with Crippen LogP contribution in [0.25, 0.3) is 0 Å². The van der Waals surface area contributed by atoms with Crippen LogP contribution in [0.15, 0.2) is 18.3 Å². The summed E-state index contributed by atoms with van der Waals surface area (Å²) < 4.78 is 1.14. The maximum atomic E-state index is 5.33. The van der Waals surface area contributed by atoms with Crippen LogP contribution in [-0.2, 0) is 6.54 Å². The van der Waals surface area contributed by atoms with E-state index in [4.69, 9.17) is 5.73 Å². The van der Waals surface area contributed by atoms with Crippen LogP contribution < -0.4 is 5.73 Å². The lowest BCUT2D eigenvalue weighted by molar-refractivity contribution is 0.987. The van der Waals surface area contributed by atoms with Gasteiger partial charge in [-0.2, -0.15) is 0 Å². The molecule has 0 aliphatic rings. The molecule has 0 radical (unpaired) electrons. The van der Waals surface area contributed by atoms with Gasteiger partial charge in [-0.25, -0.2) is 0 Å². The van der Waals surface area contributed by atoms with Crippen molar-refractivity contribution in [3.05, 3.63) is 27.6 Å². The summed E-state index contributed by atoms with van der Waals surface area (Å²) in [5, 5.41) is 0. The highest BCUT2D eigenvalue weighted by atomic mass is 127. The van der Waals surface area contributed by atoms with E-state index in [0.29, 0.717) is 6.54 Å². The van der Waals surface area contributed by atoms with Crippen LogP contribution in [-0.4, -0.2) is 4.98 Å². The lowest BCUT2D eigenvalue weighted by atomic mass is 10.4. The van der Waals surface area contributed by atoms with Crippen molar-refractivity contribution in [2.45, 2.75) is 6.54 Å². The molecule has 0 fully saturated rings. The number of halogens is 3. The van der Waals surface area contributed by atoms with Crippen molar-refractivity contribution >= 4 is 47.4 Å². The molecular formula is C6H9Cl2IN2. The number of pyridine rings is 1. The summed E-state index contributed by atoms with van der Waals surface area (Å²) in [4.78, 5) is 4.06. The summed E-state index contributed by atoms with van der Waals surface area (Å²) in [5.41, 5.74) is 6.28. The van der Waals surface area contributed by atoms with E-state index in [2.05, 4.69) is 27.6 Å². The van der Waals surface area contributed by atoms with Crippen molar-refractivity contribution < 1.29 is 0 Å². The van der Waals surface area contributed by atoms with Gasteiger partial charge >= 0.3 is 0 Å². The molecule has 0 aliphatic carbocycles. The zero-order valence-corrected chi connectivity index (χ0v) is 9.45. The molecule has 1 rings (SSSR count). The van der Waals surface area contributed by atoms with E-state index >= 15 is 0 Å². The third-order valence-corrected chi connectivity index (χ3v) is 1.64. The van der Waals surface area contributed by atoms with Crippen LogP contribution >= 0.6 is 47.4 Å². The molecule has 1 aromatic rings. The minimum atomic E-state index is 0. The Balaban J connectivity index is 0. The van der Waals surface area contributed by atoms with Gasteiger partial charge in [0.2, 0.25) is 0 Å². The van der Waals surface area contributed by atoms with Crippen LogP contribution in [0.4, 0.5) is 0 Å². The lowest BCUT2D eigenvalue weighted by Crippen LogP contribution is -1.98. The van der Waals surface area contributed by atoms with Gasteiger partial charge in [0.1, 0.15) is 0 Å². The number of nitrogens with two attached hydrogens (primary N) is 1. The average Bonchev–Trinajstić information content (AvgIpc) is 1.90. The molecule has 0 aliphatic heterocycles. The Labute approximate surface area is 91.9 Å². The fraction of sp³-hybridized carbons (Fsp3) is 0.167. The average molecular weight is 307 g/mol. The normalized spacial score (nSPS) is 7.82. The molecule has 0 saturated heterocycles. The largest absolute Gasteiger partial charge is 0.325 e. The quantitative estimate of drug-likeness (QED) is 0.806. The number of hydrogen-bond acceptors (Lipinski definition) is 2. The molecule has 64 valence electrons. The molecule has 5 heteroatoms. The Morgan fingerprint density at radius 3 is 2.36 bits per heavy atom. The SMILES string of the molecule is Cl.Cl.NCc1ccc(I)cn1. The molecule has 0 unspecified atom stereocenters. The molecule has 0 atom stereocenters. The number of aromatic nitrogens is 1. The molecule has 0 aromatic carbocycles. The van der Waals surface area contributed by atoms with Gasteiger partial charge in [-0.05, 0) is 34.7 Å². The van der Waals surface area contributed by atoms with Gasteiger partial charge in [0, 0.05) is 16.3 Å². The smallest absolute Gasteiger partial charge is 0.0540 e. The van der Waals surface area contributed by atoms with Crippen molar-refractivity contribution in [3.8, 4) is 0 Å². The second-order valence-corrected chi connectivity index (χ2v) is 2.92. The second-order valence-electron chi connectivity index (χ2n) is 1.67. The van der Waals surface area contributed by atoms with Crippen molar-refractivity contribution in [2.24, 2.45) is 5.73 Å². The molecule has 1 heterocycles. The van der Waals surface area contributed by atoms with E-state index in [1.807, 2.05) is 18.3 Å². The zero-order chi connectivity index (χ0) is 6.69. The summed E-state index contributed by atoms with van der Waals surface area (Å²) in [5.74, 6) is 0. The van der Waals surface area contributed by atoms with Gasteiger partial charge in [-0.15, -0.1) is 24.8 Å². The number of hydrogen-bond donors (Lipinski definition) is 1. The Kier molecular flexibility index (Phi) is 9.01. The van der Waals surface area contributed by atoms with E-state index in [1.54, 1.807) is 0 Å². The highest BCUT2D eigenvalue weighted by Gasteiger charge is 1.87. The molecular weight excluding hydrogens is 298 g/mol. The number of rotatable bonds is 1. The maximum Gasteiger partial charge on any atom is 0.0540 e. The highest BCUT2D eigenvalue weighted by Crippen LogP contribution is 2.01. The van der Waals surface area contributed by atoms with Crippen molar-refractivity contribution in [2.75, 3.05) is 0 Å². The zero-order valence-electron chi connectivity index (χ0n) is 5.66. The van der Waals surface area contributed by atoms with Crippen LogP contribution in [0.5, 0.6) is 0 Å². The summed E-state index contributed by atoms with van der Waals surface area (Å²) in [7, 11) is 0. The standard InChI is InChI=1S/C6H7IN2.2ClH/c7-5-1-2-6(3-8)9-4-5;;/h1-2,4H,3,8H2;2*1H. The predicted molar refractivity (Wildman–Crippen MR) is 59.3 cm³/mol. The first kappa shape index (κ1) is 14.0. The van der Waals surface area contributed by atoms with E-state index in [1.165, 1.54) is 0 Å². The minimum Gasteiger partial charge on any atom is -0.325 e.